The molecule has 0 unspecified atom stereocenters. The van der Waals surface area contributed by atoms with Gasteiger partial charge in [0.15, 0.2) is 0 Å². The zero-order valence-electron chi connectivity index (χ0n) is 11.0. The third kappa shape index (κ3) is 3.53. The van der Waals surface area contributed by atoms with Crippen molar-refractivity contribution in [3.05, 3.63) is 18.0 Å². The summed E-state index contributed by atoms with van der Waals surface area (Å²) >= 11 is 0. The van der Waals surface area contributed by atoms with Crippen LogP contribution < -0.4 is 0 Å². The average molecular weight is 322 g/mol. The Balaban J connectivity index is 2.18. The molecule has 0 spiro atoms. The van der Waals surface area contributed by atoms with Gasteiger partial charge >= 0.3 is 5.97 Å². The van der Waals surface area contributed by atoms with Gasteiger partial charge in [-0.3, -0.25) is 0 Å². The third-order valence-electron chi connectivity index (χ3n) is 3.14. The maximum Gasteiger partial charge on any atom is 0.355 e. The molecule has 0 aromatic carbocycles. The molecule has 1 aromatic heterocycles. The summed E-state index contributed by atoms with van der Waals surface area (Å²) in [4.78, 5) is 12.0. The summed E-state index contributed by atoms with van der Waals surface area (Å²) in [5.41, 5.74) is 0.193. The third-order valence-corrected chi connectivity index (χ3v) is 4.47. The molecule has 0 saturated carbocycles. The molecule has 0 bridgehead atoms. The minimum Gasteiger partial charge on any atom is -0.458 e. The molecule has 2 rings (SSSR count). The fourth-order valence-electron chi connectivity index (χ4n) is 2.05. The summed E-state index contributed by atoms with van der Waals surface area (Å²) in [5.74, 6) is -0.537. The topological polar surface area (TPSA) is 74.6 Å². The number of aromatic nitrogens is 1. The van der Waals surface area contributed by atoms with Crippen molar-refractivity contribution in [3.63, 3.8) is 0 Å². The van der Waals surface area contributed by atoms with E-state index in [0.717, 1.165) is 0 Å². The molecular formula is C12H16ClNO5S. The van der Waals surface area contributed by atoms with Gasteiger partial charge < -0.3 is 14.0 Å². The van der Waals surface area contributed by atoms with Crippen LogP contribution in [0, 0.1) is 0 Å². The standard InChI is InChI=1S/C12H16ClNO5S/c1-2-14-8-10(20(13,16)17)7-11(14)12(15)19-9-3-5-18-6-4-9/h7-9H,2-6H2,1H3. The smallest absolute Gasteiger partial charge is 0.355 e. The van der Waals surface area contributed by atoms with Crippen molar-refractivity contribution in [1.82, 2.24) is 4.57 Å². The number of hydrogen-bond acceptors (Lipinski definition) is 5. The molecule has 6 nitrogen and oxygen atoms in total. The number of carbonyl (C=O) groups excluding carboxylic acids is 1. The molecule has 1 saturated heterocycles. The molecule has 20 heavy (non-hydrogen) atoms. The first-order valence-electron chi connectivity index (χ1n) is 6.35. The average Bonchev–Trinajstić information content (AvgIpc) is 2.84. The fourth-order valence-corrected chi connectivity index (χ4v) is 2.81. The minimum absolute atomic E-state index is 0.0973. The molecule has 8 heteroatoms. The highest BCUT2D eigenvalue weighted by Gasteiger charge is 2.24. The first-order valence-corrected chi connectivity index (χ1v) is 8.66. The van der Waals surface area contributed by atoms with E-state index >= 15 is 0 Å². The Morgan fingerprint density at radius 1 is 1.50 bits per heavy atom. The van der Waals surface area contributed by atoms with E-state index in [1.54, 1.807) is 6.92 Å². The molecule has 2 heterocycles. The van der Waals surface area contributed by atoms with E-state index in [4.69, 9.17) is 20.2 Å². The molecule has 1 aromatic rings. The number of nitrogens with zero attached hydrogens (tertiary/aromatic N) is 1. The summed E-state index contributed by atoms with van der Waals surface area (Å²) in [6, 6.07) is 1.24. The number of carbonyl (C=O) groups is 1. The van der Waals surface area contributed by atoms with Crippen molar-refractivity contribution in [2.24, 2.45) is 0 Å². The second-order valence-electron chi connectivity index (χ2n) is 4.50. The molecular weight excluding hydrogens is 306 g/mol. The zero-order chi connectivity index (χ0) is 14.8. The van der Waals surface area contributed by atoms with Crippen LogP contribution in [0.25, 0.3) is 0 Å². The van der Waals surface area contributed by atoms with Gasteiger partial charge in [-0.05, 0) is 13.0 Å². The van der Waals surface area contributed by atoms with Crippen molar-refractivity contribution in [2.45, 2.75) is 37.3 Å². The van der Waals surface area contributed by atoms with Crippen molar-refractivity contribution >= 4 is 25.7 Å². The number of hydrogen-bond donors (Lipinski definition) is 0. The van der Waals surface area contributed by atoms with Crippen molar-refractivity contribution < 1.29 is 22.7 Å². The largest absolute Gasteiger partial charge is 0.458 e. The van der Waals surface area contributed by atoms with Crippen LogP contribution in [0.5, 0.6) is 0 Å². The van der Waals surface area contributed by atoms with Crippen molar-refractivity contribution in [2.75, 3.05) is 13.2 Å². The van der Waals surface area contributed by atoms with Gasteiger partial charge in [0.2, 0.25) is 0 Å². The van der Waals surface area contributed by atoms with Gasteiger partial charge in [-0.1, -0.05) is 0 Å². The highest BCUT2D eigenvalue weighted by Crippen LogP contribution is 2.21. The number of halogens is 1. The Morgan fingerprint density at radius 3 is 2.70 bits per heavy atom. The highest BCUT2D eigenvalue weighted by molar-refractivity contribution is 8.13. The Labute approximate surface area is 122 Å². The van der Waals surface area contributed by atoms with Crippen LogP contribution >= 0.6 is 10.7 Å². The van der Waals surface area contributed by atoms with Crippen LogP contribution in [0.1, 0.15) is 30.3 Å². The molecule has 1 aliphatic rings. The molecule has 0 aliphatic carbocycles. The van der Waals surface area contributed by atoms with E-state index in [-0.39, 0.29) is 16.7 Å². The second-order valence-corrected chi connectivity index (χ2v) is 7.07. The second kappa shape index (κ2) is 6.15. The first-order chi connectivity index (χ1) is 9.41. The van der Waals surface area contributed by atoms with Crippen LogP contribution in [-0.4, -0.2) is 38.3 Å². The van der Waals surface area contributed by atoms with E-state index < -0.39 is 15.0 Å². The Hall–Kier alpha value is -1.05. The molecule has 0 N–H and O–H groups in total. The molecule has 1 aliphatic heterocycles. The van der Waals surface area contributed by atoms with E-state index in [1.165, 1.54) is 16.8 Å². The number of aryl methyl sites for hydroxylation is 1. The summed E-state index contributed by atoms with van der Waals surface area (Å²) < 4.78 is 34.7. The minimum atomic E-state index is -3.86. The van der Waals surface area contributed by atoms with E-state index in [2.05, 4.69) is 0 Å². The number of rotatable bonds is 4. The quantitative estimate of drug-likeness (QED) is 0.624. The monoisotopic (exact) mass is 321 g/mol. The summed E-state index contributed by atoms with van der Waals surface area (Å²) in [6.07, 6.45) is 2.45. The Bertz CT molecular complexity index is 589. The van der Waals surface area contributed by atoms with Crippen molar-refractivity contribution in [1.29, 1.82) is 0 Å². The molecule has 0 atom stereocenters. The van der Waals surface area contributed by atoms with Gasteiger partial charge in [0.05, 0.1) is 13.2 Å². The zero-order valence-corrected chi connectivity index (χ0v) is 12.6. The van der Waals surface area contributed by atoms with Gasteiger partial charge in [0, 0.05) is 36.3 Å². The summed E-state index contributed by atoms with van der Waals surface area (Å²) in [5, 5.41) is 0. The lowest BCUT2D eigenvalue weighted by Gasteiger charge is -2.22. The predicted octanol–water partition coefficient (Wildman–Crippen LogP) is 1.77. The van der Waals surface area contributed by atoms with Crippen LogP contribution in [0.15, 0.2) is 17.2 Å². The lowest BCUT2D eigenvalue weighted by Crippen LogP contribution is -2.27. The van der Waals surface area contributed by atoms with Crippen LogP contribution in [0.3, 0.4) is 0 Å². The predicted molar refractivity (Wildman–Crippen MR) is 72.4 cm³/mol. The normalized spacial score (nSPS) is 17.1. The van der Waals surface area contributed by atoms with Crippen molar-refractivity contribution in [3.8, 4) is 0 Å². The van der Waals surface area contributed by atoms with Gasteiger partial charge in [0.1, 0.15) is 16.7 Å². The van der Waals surface area contributed by atoms with Gasteiger partial charge in [0.25, 0.3) is 9.05 Å². The lowest BCUT2D eigenvalue weighted by molar-refractivity contribution is -0.0166. The SMILES string of the molecule is CCn1cc(S(=O)(=O)Cl)cc1C(=O)OC1CCOCC1. The lowest BCUT2D eigenvalue weighted by atomic mass is 10.1. The highest BCUT2D eigenvalue weighted by atomic mass is 35.7. The molecule has 0 radical (unpaired) electrons. The first kappa shape index (κ1) is 15.3. The van der Waals surface area contributed by atoms with E-state index in [9.17, 15) is 13.2 Å². The fraction of sp³-hybridized carbons (Fsp3) is 0.583. The van der Waals surface area contributed by atoms with Gasteiger partial charge in [-0.15, -0.1) is 0 Å². The Morgan fingerprint density at radius 2 is 2.15 bits per heavy atom. The number of ether oxygens (including phenoxy) is 2. The van der Waals surface area contributed by atoms with Crippen LogP contribution in [0.2, 0.25) is 0 Å². The Kier molecular flexibility index (Phi) is 4.72. The maximum atomic E-state index is 12.1. The van der Waals surface area contributed by atoms with Crippen LogP contribution in [-0.2, 0) is 25.1 Å². The van der Waals surface area contributed by atoms with Gasteiger partial charge in [-0.25, -0.2) is 13.2 Å². The molecule has 112 valence electrons. The number of esters is 1. The molecule has 1 fully saturated rings. The van der Waals surface area contributed by atoms with Crippen LogP contribution in [0.4, 0.5) is 0 Å². The van der Waals surface area contributed by atoms with E-state index in [1.807, 2.05) is 0 Å². The molecule has 0 amide bonds. The summed E-state index contributed by atoms with van der Waals surface area (Å²) in [6.45, 7) is 3.38. The summed E-state index contributed by atoms with van der Waals surface area (Å²) in [7, 11) is 1.43. The van der Waals surface area contributed by atoms with E-state index in [0.29, 0.717) is 32.6 Å². The maximum absolute atomic E-state index is 12.1. The van der Waals surface area contributed by atoms with Gasteiger partial charge in [-0.2, -0.15) is 0 Å².